The summed E-state index contributed by atoms with van der Waals surface area (Å²) < 4.78 is 12.1. The SMILES string of the molecule is CCCNCc1cn(Cc2cc(COC)on2)cn1. The third kappa shape index (κ3) is 4.18. The van der Waals surface area contributed by atoms with Gasteiger partial charge in [0.25, 0.3) is 0 Å². The highest BCUT2D eigenvalue weighted by atomic mass is 16.5. The first-order valence-corrected chi connectivity index (χ1v) is 6.46. The van der Waals surface area contributed by atoms with Crippen LogP contribution in [0.25, 0.3) is 0 Å². The van der Waals surface area contributed by atoms with Crippen molar-refractivity contribution >= 4 is 0 Å². The molecule has 0 atom stereocenters. The molecule has 0 aromatic carbocycles. The van der Waals surface area contributed by atoms with E-state index in [1.54, 1.807) is 7.11 Å². The number of nitrogens with one attached hydrogen (secondary N) is 1. The highest BCUT2D eigenvalue weighted by molar-refractivity contribution is 5.06. The molecule has 6 nitrogen and oxygen atoms in total. The van der Waals surface area contributed by atoms with E-state index in [9.17, 15) is 0 Å². The first kappa shape index (κ1) is 13.8. The number of ether oxygens (including phenoxy) is 1. The van der Waals surface area contributed by atoms with E-state index in [1.165, 1.54) is 0 Å². The van der Waals surface area contributed by atoms with Crippen molar-refractivity contribution in [3.63, 3.8) is 0 Å². The van der Waals surface area contributed by atoms with Gasteiger partial charge in [-0.05, 0) is 13.0 Å². The lowest BCUT2D eigenvalue weighted by Crippen LogP contribution is -2.13. The maximum absolute atomic E-state index is 5.14. The van der Waals surface area contributed by atoms with Crippen LogP contribution in [0.4, 0.5) is 0 Å². The van der Waals surface area contributed by atoms with E-state index in [1.807, 2.05) is 23.2 Å². The molecule has 0 aliphatic heterocycles. The van der Waals surface area contributed by atoms with Gasteiger partial charge < -0.3 is 19.1 Å². The Labute approximate surface area is 112 Å². The van der Waals surface area contributed by atoms with Gasteiger partial charge in [-0.15, -0.1) is 0 Å². The molecular formula is C13H20N4O2. The molecule has 0 radical (unpaired) electrons. The minimum atomic E-state index is 0.448. The Kier molecular flexibility index (Phi) is 5.11. The van der Waals surface area contributed by atoms with Crippen LogP contribution < -0.4 is 5.32 Å². The Bertz CT molecular complexity index is 492. The van der Waals surface area contributed by atoms with Gasteiger partial charge in [0.05, 0.1) is 18.6 Å². The maximum atomic E-state index is 5.14. The van der Waals surface area contributed by atoms with Gasteiger partial charge in [-0.25, -0.2) is 4.98 Å². The summed E-state index contributed by atoms with van der Waals surface area (Å²) in [5.74, 6) is 0.738. The molecule has 0 aliphatic carbocycles. The summed E-state index contributed by atoms with van der Waals surface area (Å²) in [5.41, 5.74) is 1.91. The Morgan fingerprint density at radius 1 is 1.42 bits per heavy atom. The standard InChI is InChI=1S/C13H20N4O2/c1-3-4-14-6-12-8-17(10-15-12)7-11-5-13(9-18-2)19-16-11/h5,8,10,14H,3-4,6-7,9H2,1-2H3. The summed E-state index contributed by atoms with van der Waals surface area (Å²) in [7, 11) is 1.63. The second kappa shape index (κ2) is 7.06. The summed E-state index contributed by atoms with van der Waals surface area (Å²) in [5, 5.41) is 7.32. The lowest BCUT2D eigenvalue weighted by molar-refractivity contribution is 0.155. The molecule has 0 saturated heterocycles. The molecule has 19 heavy (non-hydrogen) atoms. The fourth-order valence-corrected chi connectivity index (χ4v) is 1.81. The van der Waals surface area contributed by atoms with Gasteiger partial charge in [0.2, 0.25) is 0 Å². The molecule has 1 N–H and O–H groups in total. The average Bonchev–Trinajstić information content (AvgIpc) is 3.01. The van der Waals surface area contributed by atoms with Crippen LogP contribution in [0.3, 0.4) is 0 Å². The Morgan fingerprint density at radius 3 is 3.11 bits per heavy atom. The van der Waals surface area contributed by atoms with E-state index in [0.29, 0.717) is 13.2 Å². The molecule has 2 aromatic rings. The first-order chi connectivity index (χ1) is 9.31. The summed E-state index contributed by atoms with van der Waals surface area (Å²) in [4.78, 5) is 4.34. The molecule has 104 valence electrons. The van der Waals surface area contributed by atoms with Crippen molar-refractivity contribution in [2.45, 2.75) is 33.0 Å². The first-order valence-electron chi connectivity index (χ1n) is 6.46. The van der Waals surface area contributed by atoms with E-state index < -0.39 is 0 Å². The third-order valence-electron chi connectivity index (χ3n) is 2.66. The number of rotatable bonds is 8. The van der Waals surface area contributed by atoms with Crippen molar-refractivity contribution in [2.75, 3.05) is 13.7 Å². The smallest absolute Gasteiger partial charge is 0.162 e. The molecule has 0 bridgehead atoms. The van der Waals surface area contributed by atoms with Gasteiger partial charge >= 0.3 is 0 Å². The average molecular weight is 264 g/mol. The van der Waals surface area contributed by atoms with Gasteiger partial charge in [-0.2, -0.15) is 0 Å². The van der Waals surface area contributed by atoms with E-state index >= 15 is 0 Å². The molecule has 0 fully saturated rings. The van der Waals surface area contributed by atoms with Crippen LogP contribution in [0.1, 0.15) is 30.5 Å². The lowest BCUT2D eigenvalue weighted by Gasteiger charge is -1.98. The van der Waals surface area contributed by atoms with Crippen LogP contribution in [-0.4, -0.2) is 28.4 Å². The van der Waals surface area contributed by atoms with Crippen LogP contribution in [-0.2, 0) is 24.4 Å². The van der Waals surface area contributed by atoms with Gasteiger partial charge in [0.1, 0.15) is 12.3 Å². The number of hydrogen-bond acceptors (Lipinski definition) is 5. The predicted molar refractivity (Wildman–Crippen MR) is 70.5 cm³/mol. The van der Waals surface area contributed by atoms with Gasteiger partial charge in [-0.1, -0.05) is 12.1 Å². The van der Waals surface area contributed by atoms with Crippen LogP contribution in [0.2, 0.25) is 0 Å². The van der Waals surface area contributed by atoms with Crippen molar-refractivity contribution < 1.29 is 9.26 Å². The van der Waals surface area contributed by atoms with Crippen molar-refractivity contribution in [3.05, 3.63) is 35.7 Å². The largest absolute Gasteiger partial charge is 0.377 e. The monoisotopic (exact) mass is 264 g/mol. The Hall–Kier alpha value is -1.66. The number of nitrogens with zero attached hydrogens (tertiary/aromatic N) is 3. The van der Waals surface area contributed by atoms with Gasteiger partial charge in [0.15, 0.2) is 5.76 Å². The quantitative estimate of drug-likeness (QED) is 0.733. The third-order valence-corrected chi connectivity index (χ3v) is 2.66. The number of hydrogen-bond donors (Lipinski definition) is 1. The molecule has 0 saturated carbocycles. The van der Waals surface area contributed by atoms with E-state index in [0.717, 1.165) is 36.7 Å². The van der Waals surface area contributed by atoms with Crippen LogP contribution in [0.5, 0.6) is 0 Å². The predicted octanol–water partition coefficient (Wildman–Crippen LogP) is 1.57. The molecular weight excluding hydrogens is 244 g/mol. The van der Waals surface area contributed by atoms with Crippen molar-refractivity contribution in [1.29, 1.82) is 0 Å². The summed E-state index contributed by atoms with van der Waals surface area (Å²) in [6.45, 7) is 5.07. The van der Waals surface area contributed by atoms with E-state index in [-0.39, 0.29) is 0 Å². The number of methoxy groups -OCH3 is 1. The molecule has 6 heteroatoms. The molecule has 2 aromatic heterocycles. The highest BCUT2D eigenvalue weighted by Crippen LogP contribution is 2.07. The minimum absolute atomic E-state index is 0.448. The molecule has 2 rings (SSSR count). The second-order valence-corrected chi connectivity index (χ2v) is 4.43. The highest BCUT2D eigenvalue weighted by Gasteiger charge is 2.05. The fourth-order valence-electron chi connectivity index (χ4n) is 1.81. The number of aromatic nitrogens is 3. The lowest BCUT2D eigenvalue weighted by atomic mass is 10.3. The Morgan fingerprint density at radius 2 is 2.32 bits per heavy atom. The van der Waals surface area contributed by atoms with E-state index in [4.69, 9.17) is 9.26 Å². The summed E-state index contributed by atoms with van der Waals surface area (Å²) >= 11 is 0. The molecule has 0 amide bonds. The zero-order valence-electron chi connectivity index (χ0n) is 11.4. The fraction of sp³-hybridized carbons (Fsp3) is 0.538. The normalized spacial score (nSPS) is 11.1. The van der Waals surface area contributed by atoms with Crippen LogP contribution in [0, 0.1) is 0 Å². The molecule has 0 aliphatic rings. The van der Waals surface area contributed by atoms with Crippen molar-refractivity contribution in [2.24, 2.45) is 0 Å². The van der Waals surface area contributed by atoms with Crippen molar-refractivity contribution in [1.82, 2.24) is 20.0 Å². The van der Waals surface area contributed by atoms with Gasteiger partial charge in [-0.3, -0.25) is 0 Å². The zero-order valence-corrected chi connectivity index (χ0v) is 11.4. The number of imidazole rings is 1. The zero-order chi connectivity index (χ0) is 13.5. The minimum Gasteiger partial charge on any atom is -0.377 e. The van der Waals surface area contributed by atoms with Gasteiger partial charge in [0, 0.05) is 25.9 Å². The second-order valence-electron chi connectivity index (χ2n) is 4.43. The molecule has 0 unspecified atom stereocenters. The molecule has 2 heterocycles. The van der Waals surface area contributed by atoms with Crippen LogP contribution >= 0.6 is 0 Å². The molecule has 0 spiro atoms. The Balaban J connectivity index is 1.87. The van der Waals surface area contributed by atoms with Crippen molar-refractivity contribution in [3.8, 4) is 0 Å². The van der Waals surface area contributed by atoms with Crippen LogP contribution in [0.15, 0.2) is 23.1 Å². The van der Waals surface area contributed by atoms with E-state index in [2.05, 4.69) is 22.4 Å². The maximum Gasteiger partial charge on any atom is 0.162 e. The topological polar surface area (TPSA) is 65.1 Å². The summed E-state index contributed by atoms with van der Waals surface area (Å²) in [6.07, 6.45) is 4.96. The summed E-state index contributed by atoms with van der Waals surface area (Å²) in [6, 6.07) is 1.90.